The van der Waals surface area contributed by atoms with Gasteiger partial charge in [-0.05, 0) is 55.4 Å². The van der Waals surface area contributed by atoms with E-state index in [0.29, 0.717) is 40.7 Å². The van der Waals surface area contributed by atoms with Crippen LogP contribution in [-0.4, -0.2) is 61.4 Å². The van der Waals surface area contributed by atoms with Crippen LogP contribution in [0.1, 0.15) is 59.4 Å². The smallest absolute Gasteiger partial charge is 0.275 e. The molecule has 2 saturated heterocycles. The van der Waals surface area contributed by atoms with Crippen molar-refractivity contribution in [1.82, 2.24) is 29.2 Å². The van der Waals surface area contributed by atoms with Crippen LogP contribution in [0.3, 0.4) is 0 Å². The Balaban J connectivity index is 1.20. The lowest BCUT2D eigenvalue weighted by Gasteiger charge is -2.32. The number of ether oxygens (including phenoxy) is 1. The normalized spacial score (nSPS) is 18.2. The quantitative estimate of drug-likeness (QED) is 0.437. The second-order valence-electron chi connectivity index (χ2n) is 9.00. The van der Waals surface area contributed by atoms with E-state index < -0.39 is 0 Å². The van der Waals surface area contributed by atoms with E-state index in [1.165, 1.54) is 5.56 Å². The Morgan fingerprint density at radius 1 is 1.03 bits per heavy atom. The highest BCUT2D eigenvalue weighted by molar-refractivity contribution is 6.33. The Morgan fingerprint density at radius 2 is 1.82 bits per heavy atom. The van der Waals surface area contributed by atoms with Crippen molar-refractivity contribution in [3.63, 3.8) is 0 Å². The summed E-state index contributed by atoms with van der Waals surface area (Å²) in [4.78, 5) is 32.3. The molecule has 0 spiro atoms. The van der Waals surface area contributed by atoms with E-state index in [4.69, 9.17) is 32.9 Å². The number of piperidine rings is 1. The number of carbonyl (C=O) groups excluding carboxylic acids is 1. The fourth-order valence-electron chi connectivity index (χ4n) is 5.12. The molecule has 2 aliphatic heterocycles. The summed E-state index contributed by atoms with van der Waals surface area (Å²) < 4.78 is 7.14. The average molecular weight is 499 g/mol. The monoisotopic (exact) mass is 498 g/mol. The largest absolute Gasteiger partial charge is 0.381 e. The number of hydrogen-bond donors (Lipinski definition) is 1. The van der Waals surface area contributed by atoms with Crippen molar-refractivity contribution < 1.29 is 9.53 Å². The Morgan fingerprint density at radius 3 is 2.62 bits per heavy atom. The molecular formula is C24H24Cl2N6O2. The Bertz CT molecular complexity index is 1370. The number of carbonyl (C=O) groups is 1. The highest BCUT2D eigenvalue weighted by Gasteiger charge is 2.30. The molecule has 0 atom stereocenters. The maximum Gasteiger partial charge on any atom is 0.275 e. The van der Waals surface area contributed by atoms with Crippen LogP contribution >= 0.6 is 23.2 Å². The van der Waals surface area contributed by atoms with Crippen LogP contribution in [0, 0.1) is 0 Å². The highest BCUT2D eigenvalue weighted by Crippen LogP contribution is 2.34. The number of fused-ring (bicyclic) bond motifs is 2. The van der Waals surface area contributed by atoms with Gasteiger partial charge >= 0.3 is 0 Å². The summed E-state index contributed by atoms with van der Waals surface area (Å²) in [6, 6.07) is 5.57. The van der Waals surface area contributed by atoms with Crippen LogP contribution in [0.25, 0.3) is 16.8 Å². The van der Waals surface area contributed by atoms with Gasteiger partial charge in [0.25, 0.3) is 5.91 Å². The van der Waals surface area contributed by atoms with E-state index in [1.54, 1.807) is 22.7 Å². The summed E-state index contributed by atoms with van der Waals surface area (Å²) in [6.45, 7) is 2.83. The number of rotatable bonds is 3. The predicted octanol–water partition coefficient (Wildman–Crippen LogP) is 4.83. The molecule has 0 aromatic carbocycles. The average Bonchev–Trinajstić information content (AvgIpc) is 3.46. The molecule has 4 aromatic heterocycles. The number of pyridine rings is 2. The number of aromatic nitrogens is 5. The van der Waals surface area contributed by atoms with Crippen molar-refractivity contribution in [2.24, 2.45) is 0 Å². The number of nitrogens with zero attached hydrogens (tertiary/aromatic N) is 5. The molecule has 8 nitrogen and oxygen atoms in total. The zero-order valence-corrected chi connectivity index (χ0v) is 20.0. The van der Waals surface area contributed by atoms with Crippen LogP contribution in [0.5, 0.6) is 0 Å². The van der Waals surface area contributed by atoms with Gasteiger partial charge in [0.05, 0.1) is 10.5 Å². The zero-order chi connectivity index (χ0) is 23.2. The summed E-state index contributed by atoms with van der Waals surface area (Å²) >= 11 is 12.5. The van der Waals surface area contributed by atoms with E-state index in [9.17, 15) is 4.79 Å². The number of amides is 1. The number of imidazole rings is 2. The number of aromatic amines is 1. The summed E-state index contributed by atoms with van der Waals surface area (Å²) in [5, 5.41) is 0.827. The number of nitrogens with one attached hydrogen (secondary N) is 1. The number of likely N-dealkylation sites (tertiary alicyclic amines) is 1. The third kappa shape index (κ3) is 3.83. The standard InChI is InChI=1S/C24H24Cl2N6O2/c25-16-1-2-18-28-20(21(26)32(18)13-16)24(33)31-9-4-14(5-10-31)17-3-8-27-23-19(17)29-22(30-23)15-6-11-34-12-7-15/h1-3,8,13-15H,4-7,9-12H2,(H,27,29,30). The molecule has 0 unspecified atom stereocenters. The highest BCUT2D eigenvalue weighted by atomic mass is 35.5. The first-order chi connectivity index (χ1) is 16.6. The molecule has 0 saturated carbocycles. The summed E-state index contributed by atoms with van der Waals surface area (Å²) in [7, 11) is 0. The zero-order valence-electron chi connectivity index (χ0n) is 18.5. The van der Waals surface area contributed by atoms with Crippen molar-refractivity contribution in [2.45, 2.75) is 37.5 Å². The van der Waals surface area contributed by atoms with Gasteiger partial charge in [-0.1, -0.05) is 23.2 Å². The van der Waals surface area contributed by atoms with Crippen LogP contribution in [-0.2, 0) is 4.74 Å². The van der Waals surface area contributed by atoms with Crippen LogP contribution in [0.15, 0.2) is 30.6 Å². The van der Waals surface area contributed by atoms with Crippen LogP contribution in [0.4, 0.5) is 0 Å². The van der Waals surface area contributed by atoms with Crippen molar-refractivity contribution in [2.75, 3.05) is 26.3 Å². The van der Waals surface area contributed by atoms with Gasteiger partial charge in [-0.15, -0.1) is 0 Å². The van der Waals surface area contributed by atoms with E-state index in [2.05, 4.69) is 21.0 Å². The van der Waals surface area contributed by atoms with Gasteiger partial charge in [0.1, 0.15) is 16.6 Å². The molecular weight excluding hydrogens is 475 g/mol. The van der Waals surface area contributed by atoms with Gasteiger partial charge in [0.15, 0.2) is 11.3 Å². The Hall–Kier alpha value is -2.68. The lowest BCUT2D eigenvalue weighted by Crippen LogP contribution is -2.38. The molecule has 10 heteroatoms. The number of H-pyrrole nitrogens is 1. The first kappa shape index (κ1) is 21.8. The van der Waals surface area contributed by atoms with Crippen LogP contribution < -0.4 is 0 Å². The molecule has 6 rings (SSSR count). The topological polar surface area (TPSA) is 88.4 Å². The number of hydrogen-bond acceptors (Lipinski definition) is 5. The molecule has 176 valence electrons. The molecule has 34 heavy (non-hydrogen) atoms. The minimum absolute atomic E-state index is 0.147. The minimum atomic E-state index is -0.147. The fourth-order valence-corrected chi connectivity index (χ4v) is 5.54. The van der Waals surface area contributed by atoms with Crippen molar-refractivity contribution >= 4 is 45.9 Å². The predicted molar refractivity (Wildman–Crippen MR) is 130 cm³/mol. The van der Waals surface area contributed by atoms with Crippen molar-refractivity contribution in [1.29, 1.82) is 0 Å². The molecule has 2 aliphatic rings. The molecule has 0 aliphatic carbocycles. The van der Waals surface area contributed by atoms with Gasteiger partial charge in [0, 0.05) is 44.6 Å². The molecule has 1 amide bonds. The summed E-state index contributed by atoms with van der Waals surface area (Å²) in [5.41, 5.74) is 3.89. The summed E-state index contributed by atoms with van der Waals surface area (Å²) in [6.07, 6.45) is 7.18. The van der Waals surface area contributed by atoms with Gasteiger partial charge in [-0.2, -0.15) is 0 Å². The second kappa shape index (κ2) is 8.83. The van der Waals surface area contributed by atoms with E-state index in [0.717, 1.165) is 55.9 Å². The molecule has 1 N–H and O–H groups in total. The molecule has 2 fully saturated rings. The third-order valence-corrected chi connectivity index (χ3v) is 7.58. The van der Waals surface area contributed by atoms with Gasteiger partial charge in [-0.3, -0.25) is 9.20 Å². The third-order valence-electron chi connectivity index (χ3n) is 7.00. The van der Waals surface area contributed by atoms with E-state index in [-0.39, 0.29) is 11.6 Å². The second-order valence-corrected chi connectivity index (χ2v) is 9.80. The Labute approximate surface area is 206 Å². The molecule has 0 bridgehead atoms. The van der Waals surface area contributed by atoms with Crippen molar-refractivity contribution in [3.05, 3.63) is 57.9 Å². The molecule has 0 radical (unpaired) electrons. The first-order valence-corrected chi connectivity index (χ1v) is 12.4. The van der Waals surface area contributed by atoms with Gasteiger partial charge in [0.2, 0.25) is 0 Å². The van der Waals surface area contributed by atoms with E-state index in [1.807, 2.05) is 11.1 Å². The lowest BCUT2D eigenvalue weighted by atomic mass is 9.89. The van der Waals surface area contributed by atoms with E-state index >= 15 is 0 Å². The lowest BCUT2D eigenvalue weighted by molar-refractivity contribution is 0.0708. The molecule has 4 aromatic rings. The van der Waals surface area contributed by atoms with Gasteiger partial charge < -0.3 is 14.6 Å². The van der Waals surface area contributed by atoms with Crippen molar-refractivity contribution in [3.8, 4) is 0 Å². The molecule has 6 heterocycles. The van der Waals surface area contributed by atoms with Gasteiger partial charge in [-0.25, -0.2) is 15.0 Å². The fraction of sp³-hybridized carbons (Fsp3) is 0.417. The first-order valence-electron chi connectivity index (χ1n) is 11.6. The number of halogens is 2. The maximum atomic E-state index is 13.2. The summed E-state index contributed by atoms with van der Waals surface area (Å²) in [5.74, 6) is 1.58. The Kier molecular flexibility index (Phi) is 5.67. The van der Waals surface area contributed by atoms with Crippen LogP contribution in [0.2, 0.25) is 10.2 Å². The SMILES string of the molecule is O=C(c1nc2ccc(Cl)cn2c1Cl)N1CCC(c2ccnc3nc(C4CCOCC4)[nH]c23)CC1. The maximum absolute atomic E-state index is 13.2. The minimum Gasteiger partial charge on any atom is -0.381 e.